The van der Waals surface area contributed by atoms with Crippen LogP contribution in [0, 0.1) is 5.92 Å². The second-order valence-electron chi connectivity index (χ2n) is 6.35. The van der Waals surface area contributed by atoms with Crippen molar-refractivity contribution in [3.63, 3.8) is 0 Å². The minimum atomic E-state index is -4.13. The zero-order valence-electron chi connectivity index (χ0n) is 15.6. The van der Waals surface area contributed by atoms with Crippen LogP contribution in [0.1, 0.15) is 55.5 Å². The summed E-state index contributed by atoms with van der Waals surface area (Å²) in [5, 5.41) is 0. The summed E-state index contributed by atoms with van der Waals surface area (Å²) in [5.41, 5.74) is 1.02. The van der Waals surface area contributed by atoms with Gasteiger partial charge < -0.3 is 13.7 Å². The summed E-state index contributed by atoms with van der Waals surface area (Å²) >= 11 is 0. The second kappa shape index (κ2) is 18.4. The number of hydrogen-bond donors (Lipinski definition) is 2. The van der Waals surface area contributed by atoms with E-state index in [2.05, 4.69) is 18.0 Å². The number of aryl methyl sites for hydroxylation is 1. The fourth-order valence-corrected chi connectivity index (χ4v) is 3.75. The van der Waals surface area contributed by atoms with E-state index in [4.69, 9.17) is 9.59 Å². The molecule has 0 atom stereocenters. The van der Waals surface area contributed by atoms with E-state index < -0.39 is 28.6 Å². The SMILES string of the molecule is C.C.C.C.CC(C)CCc1ccc(S(=O)(=O)[N-]S(C)(=O)=O)cc1.C[Si](C)(O)O.[K+]. The van der Waals surface area contributed by atoms with Gasteiger partial charge in [-0.1, -0.05) is 55.7 Å². The third-order valence-electron chi connectivity index (χ3n) is 2.47. The van der Waals surface area contributed by atoms with E-state index in [9.17, 15) is 16.8 Å². The molecule has 0 bridgehead atoms. The molecule has 0 amide bonds. The molecule has 0 saturated heterocycles. The Balaban J connectivity index is -0.000000119. The molecule has 0 aliphatic heterocycles. The first-order chi connectivity index (χ1) is 10.6. The van der Waals surface area contributed by atoms with Gasteiger partial charge in [0, 0.05) is 11.2 Å². The second-order valence-corrected chi connectivity index (χ2v) is 12.8. The zero-order valence-corrected chi connectivity index (χ0v) is 21.3. The third-order valence-corrected chi connectivity index (χ3v) is 5.20. The molecule has 172 valence electrons. The smallest absolute Gasteiger partial charge is 0.432 e. The van der Waals surface area contributed by atoms with Crippen molar-refractivity contribution in [2.24, 2.45) is 5.92 Å². The molecule has 2 N–H and O–H groups in total. The van der Waals surface area contributed by atoms with Gasteiger partial charge in [-0.2, -0.15) is 0 Å². The summed E-state index contributed by atoms with van der Waals surface area (Å²) in [6.07, 6.45) is 2.63. The summed E-state index contributed by atoms with van der Waals surface area (Å²) in [7, 11) is -10.7. The van der Waals surface area contributed by atoms with E-state index in [0.29, 0.717) is 5.92 Å². The number of benzene rings is 1. The van der Waals surface area contributed by atoms with Gasteiger partial charge in [0.05, 0.1) is 10.0 Å². The maximum absolute atomic E-state index is 11.7. The van der Waals surface area contributed by atoms with Crippen molar-refractivity contribution >= 4 is 28.6 Å². The molecule has 0 spiro atoms. The van der Waals surface area contributed by atoms with Gasteiger partial charge in [-0.05, 0) is 49.5 Å². The largest absolute Gasteiger partial charge is 1.00 e. The van der Waals surface area contributed by atoms with Crippen LogP contribution in [-0.4, -0.2) is 41.2 Å². The van der Waals surface area contributed by atoms with Crippen LogP contribution in [0.15, 0.2) is 29.2 Å². The molecule has 0 aromatic heterocycles. The first-order valence-electron chi connectivity index (χ1n) is 7.33. The Kier molecular flexibility index (Phi) is 27.8. The Morgan fingerprint density at radius 1 is 0.931 bits per heavy atom. The summed E-state index contributed by atoms with van der Waals surface area (Å²) in [5.74, 6) is 0.573. The van der Waals surface area contributed by atoms with Gasteiger partial charge in [0.1, 0.15) is 10.0 Å². The van der Waals surface area contributed by atoms with Crippen LogP contribution >= 0.6 is 0 Å². The topological polar surface area (TPSA) is 123 Å². The molecule has 0 aliphatic rings. The van der Waals surface area contributed by atoms with E-state index >= 15 is 0 Å². The summed E-state index contributed by atoms with van der Waals surface area (Å²) < 4.78 is 48.1. The van der Waals surface area contributed by atoms with Crippen molar-refractivity contribution in [1.82, 2.24) is 0 Å². The molecule has 1 aromatic rings. The van der Waals surface area contributed by atoms with Crippen molar-refractivity contribution in [2.45, 2.75) is 74.4 Å². The number of sulfonamides is 2. The summed E-state index contributed by atoms with van der Waals surface area (Å²) in [6.45, 7) is 7.10. The minimum absolute atomic E-state index is 0. The predicted molar refractivity (Wildman–Crippen MR) is 124 cm³/mol. The zero-order chi connectivity index (χ0) is 19.2. The van der Waals surface area contributed by atoms with Gasteiger partial charge in [-0.3, -0.25) is 0 Å². The van der Waals surface area contributed by atoms with Crippen LogP contribution in [0.2, 0.25) is 13.1 Å². The first-order valence-corrected chi connectivity index (χ1v) is 13.5. The number of hydrogen-bond acceptors (Lipinski definition) is 6. The molecule has 0 radical (unpaired) electrons. The van der Waals surface area contributed by atoms with Gasteiger partial charge in [-0.25, -0.2) is 16.8 Å². The van der Waals surface area contributed by atoms with Crippen molar-refractivity contribution in [1.29, 1.82) is 0 Å². The van der Waals surface area contributed by atoms with Crippen molar-refractivity contribution in [3.05, 3.63) is 34.0 Å². The molecule has 11 heteroatoms. The van der Waals surface area contributed by atoms with Gasteiger partial charge in [0.2, 0.25) is 0 Å². The molecule has 7 nitrogen and oxygen atoms in total. The van der Waals surface area contributed by atoms with Gasteiger partial charge >= 0.3 is 59.9 Å². The van der Waals surface area contributed by atoms with Gasteiger partial charge in [0.25, 0.3) is 0 Å². The molecule has 1 aromatic carbocycles. The van der Waals surface area contributed by atoms with Crippen LogP contribution < -0.4 is 51.4 Å². The standard InChI is InChI=1S/C12H18NO4S2.C2H8O2Si.4CH4.K/c1-10(2)4-5-11-6-8-12(9-7-11)19(16,17)13-18(3,14)15;1-5(2,3)4;;;;;/h6-10H,4-5H2,1-3H3;3-4H,1-2H3;4*1H4;/q-1;;;;;;+1. The molecule has 1 rings (SSSR count). The normalized spacial score (nSPS) is 10.5. The van der Waals surface area contributed by atoms with Crippen LogP contribution in [-0.2, 0) is 26.5 Å². The molecule has 29 heavy (non-hydrogen) atoms. The summed E-state index contributed by atoms with van der Waals surface area (Å²) in [4.78, 5) is 16.3. The average Bonchev–Trinajstić information content (AvgIpc) is 2.32. The number of rotatable bonds is 6. The Morgan fingerprint density at radius 2 is 1.28 bits per heavy atom. The molecule has 0 unspecified atom stereocenters. The average molecular weight is 500 g/mol. The minimum Gasteiger partial charge on any atom is -0.432 e. The number of nitrogens with zero attached hydrogens (tertiary/aromatic N) is 1. The molecule has 0 saturated carbocycles. The Labute approximate surface area is 224 Å². The molecular formula is C18H42KNO6S2Si. The fraction of sp³-hybridized carbons (Fsp3) is 0.667. The van der Waals surface area contributed by atoms with E-state index in [0.717, 1.165) is 24.7 Å². The summed E-state index contributed by atoms with van der Waals surface area (Å²) in [6, 6.07) is 6.15. The molecular weight excluding hydrogens is 458 g/mol. The first kappa shape index (κ1) is 43.7. The Bertz CT molecular complexity index is 710. The van der Waals surface area contributed by atoms with E-state index in [1.165, 1.54) is 25.2 Å². The van der Waals surface area contributed by atoms with Gasteiger partial charge in [-0.15, -0.1) is 0 Å². The predicted octanol–water partition coefficient (Wildman–Crippen LogP) is 1.52. The van der Waals surface area contributed by atoms with Crippen molar-refractivity contribution in [2.75, 3.05) is 6.26 Å². The Hall–Kier alpha value is 0.853. The maximum Gasteiger partial charge on any atom is 1.00 e. The van der Waals surface area contributed by atoms with Crippen molar-refractivity contribution in [3.8, 4) is 0 Å². The van der Waals surface area contributed by atoms with Crippen LogP contribution in [0.25, 0.3) is 4.13 Å². The van der Waals surface area contributed by atoms with Crippen molar-refractivity contribution < 1.29 is 77.8 Å². The Morgan fingerprint density at radius 3 is 1.55 bits per heavy atom. The van der Waals surface area contributed by atoms with Crippen LogP contribution in [0.3, 0.4) is 0 Å². The quantitative estimate of drug-likeness (QED) is 0.572. The van der Waals surface area contributed by atoms with Crippen LogP contribution in [0.4, 0.5) is 0 Å². The van der Waals surface area contributed by atoms with Crippen LogP contribution in [0.5, 0.6) is 0 Å². The molecule has 0 heterocycles. The monoisotopic (exact) mass is 499 g/mol. The fourth-order valence-electron chi connectivity index (χ4n) is 1.50. The maximum atomic E-state index is 11.7. The molecule has 0 fully saturated rings. The van der Waals surface area contributed by atoms with E-state index in [1.54, 1.807) is 12.1 Å². The van der Waals surface area contributed by atoms with E-state index in [1.807, 2.05) is 0 Å². The molecule has 0 aliphatic carbocycles. The third kappa shape index (κ3) is 26.8. The van der Waals surface area contributed by atoms with E-state index in [-0.39, 0.29) is 86.0 Å². The van der Waals surface area contributed by atoms with Gasteiger partial charge in [0.15, 0.2) is 0 Å².